The fourth-order valence-electron chi connectivity index (χ4n) is 2.71. The predicted octanol–water partition coefficient (Wildman–Crippen LogP) is 3.24. The van der Waals surface area contributed by atoms with Crippen LogP contribution in [0, 0.1) is 0 Å². The van der Waals surface area contributed by atoms with Gasteiger partial charge in [-0.15, -0.1) is 0 Å². The second-order valence-electron chi connectivity index (χ2n) is 4.98. The molecule has 1 fully saturated rings. The molecule has 0 unspecified atom stereocenters. The molecule has 0 heterocycles. The van der Waals surface area contributed by atoms with Crippen LogP contribution in [0.25, 0.3) is 0 Å². The van der Waals surface area contributed by atoms with Crippen LogP contribution in [0.1, 0.15) is 31.2 Å². The zero-order chi connectivity index (χ0) is 12.5. The van der Waals surface area contributed by atoms with Gasteiger partial charge in [-0.3, -0.25) is 9.69 Å². The zero-order valence-electron chi connectivity index (χ0n) is 10.4. The molecule has 0 aliphatic heterocycles. The number of carbonyl (C=O) groups is 1. The first-order valence-corrected chi connectivity index (χ1v) is 6.37. The Hall–Kier alpha value is -0.860. The van der Waals surface area contributed by atoms with Gasteiger partial charge in [0.2, 0.25) is 0 Å². The molecule has 1 saturated carbocycles. The van der Waals surface area contributed by atoms with Gasteiger partial charge in [-0.1, -0.05) is 23.7 Å². The van der Waals surface area contributed by atoms with E-state index < -0.39 is 0 Å². The summed E-state index contributed by atoms with van der Waals surface area (Å²) in [4.78, 5) is 13.7. The molecule has 0 saturated heterocycles. The summed E-state index contributed by atoms with van der Waals surface area (Å²) < 4.78 is 0. The molecule has 3 heteroatoms. The third kappa shape index (κ3) is 2.38. The Labute approximate surface area is 108 Å². The molecule has 1 aliphatic carbocycles. The van der Waals surface area contributed by atoms with Crippen LogP contribution in [-0.2, 0) is 10.3 Å². The lowest BCUT2D eigenvalue weighted by atomic mass is 9.75. The number of rotatable bonds is 2. The first-order valence-electron chi connectivity index (χ1n) is 6.00. The van der Waals surface area contributed by atoms with Gasteiger partial charge in [-0.05, 0) is 44.6 Å². The normalized spacial score (nSPS) is 19.6. The van der Waals surface area contributed by atoms with E-state index in [1.54, 1.807) is 0 Å². The maximum absolute atomic E-state index is 11.4. The molecule has 1 aromatic carbocycles. The van der Waals surface area contributed by atoms with Crippen molar-refractivity contribution in [3.05, 3.63) is 34.9 Å². The first-order chi connectivity index (χ1) is 8.04. The summed E-state index contributed by atoms with van der Waals surface area (Å²) in [5, 5.41) is 0.764. The van der Waals surface area contributed by atoms with Gasteiger partial charge in [0, 0.05) is 23.4 Å². The monoisotopic (exact) mass is 251 g/mol. The molecule has 0 amide bonds. The molecular weight excluding hydrogens is 234 g/mol. The van der Waals surface area contributed by atoms with E-state index in [0.717, 1.165) is 17.9 Å². The molecule has 0 N–H and O–H groups in total. The summed E-state index contributed by atoms with van der Waals surface area (Å²) in [5.41, 5.74) is 1.20. The highest BCUT2D eigenvalue weighted by atomic mass is 35.5. The topological polar surface area (TPSA) is 20.3 Å². The third-order valence-electron chi connectivity index (χ3n) is 3.85. The van der Waals surface area contributed by atoms with E-state index in [1.165, 1.54) is 5.56 Å². The van der Waals surface area contributed by atoms with Gasteiger partial charge in [0.05, 0.1) is 0 Å². The highest BCUT2D eigenvalue weighted by Crippen LogP contribution is 2.40. The molecular formula is C14H18ClNO. The number of benzene rings is 1. The minimum Gasteiger partial charge on any atom is -0.300 e. The van der Waals surface area contributed by atoms with Crippen molar-refractivity contribution in [2.75, 3.05) is 14.1 Å². The summed E-state index contributed by atoms with van der Waals surface area (Å²) >= 11 is 6.07. The summed E-state index contributed by atoms with van der Waals surface area (Å²) in [6.07, 6.45) is 3.12. The fourth-order valence-corrected chi connectivity index (χ4v) is 2.90. The molecule has 92 valence electrons. The molecule has 17 heavy (non-hydrogen) atoms. The number of hydrogen-bond donors (Lipinski definition) is 0. The van der Waals surface area contributed by atoms with Crippen molar-refractivity contribution in [1.29, 1.82) is 0 Å². The summed E-state index contributed by atoms with van der Waals surface area (Å²) in [6, 6.07) is 8.01. The lowest BCUT2D eigenvalue weighted by Gasteiger charge is -2.43. The number of ketones is 1. The quantitative estimate of drug-likeness (QED) is 0.804. The summed E-state index contributed by atoms with van der Waals surface area (Å²) in [7, 11) is 4.16. The second-order valence-corrected chi connectivity index (χ2v) is 5.41. The van der Waals surface area contributed by atoms with Crippen molar-refractivity contribution >= 4 is 17.4 Å². The Morgan fingerprint density at radius 1 is 1.24 bits per heavy atom. The van der Waals surface area contributed by atoms with Crippen LogP contribution in [0.4, 0.5) is 0 Å². The van der Waals surface area contributed by atoms with E-state index in [-0.39, 0.29) is 5.54 Å². The molecule has 0 spiro atoms. The molecule has 2 rings (SSSR count). The SMILES string of the molecule is CN(C)C1(c2cccc(Cl)c2)CCC(=O)CC1. The lowest BCUT2D eigenvalue weighted by molar-refractivity contribution is -0.122. The molecule has 0 aromatic heterocycles. The second kappa shape index (κ2) is 4.79. The summed E-state index contributed by atoms with van der Waals surface area (Å²) in [5.74, 6) is 0.379. The van der Waals surface area contributed by atoms with Crippen molar-refractivity contribution in [2.45, 2.75) is 31.2 Å². The number of nitrogens with zero attached hydrogens (tertiary/aromatic N) is 1. The number of halogens is 1. The molecule has 0 atom stereocenters. The number of carbonyl (C=O) groups excluding carboxylic acids is 1. The Morgan fingerprint density at radius 2 is 1.88 bits per heavy atom. The molecule has 2 nitrogen and oxygen atoms in total. The maximum atomic E-state index is 11.4. The van der Waals surface area contributed by atoms with E-state index in [9.17, 15) is 4.79 Å². The van der Waals surface area contributed by atoms with Crippen molar-refractivity contribution in [3.8, 4) is 0 Å². The molecule has 1 aliphatic rings. The highest BCUT2D eigenvalue weighted by molar-refractivity contribution is 6.30. The van der Waals surface area contributed by atoms with Crippen molar-refractivity contribution < 1.29 is 4.79 Å². The van der Waals surface area contributed by atoms with Crippen LogP contribution in [-0.4, -0.2) is 24.8 Å². The van der Waals surface area contributed by atoms with Crippen molar-refractivity contribution in [1.82, 2.24) is 4.90 Å². The van der Waals surface area contributed by atoms with Crippen LogP contribution < -0.4 is 0 Å². The van der Waals surface area contributed by atoms with Gasteiger partial charge in [0.1, 0.15) is 5.78 Å². The Balaban J connectivity index is 2.38. The van der Waals surface area contributed by atoms with E-state index in [1.807, 2.05) is 18.2 Å². The van der Waals surface area contributed by atoms with E-state index in [4.69, 9.17) is 11.6 Å². The van der Waals surface area contributed by atoms with Gasteiger partial charge >= 0.3 is 0 Å². The molecule has 0 radical (unpaired) electrons. The van der Waals surface area contributed by atoms with Gasteiger partial charge in [-0.25, -0.2) is 0 Å². The predicted molar refractivity (Wildman–Crippen MR) is 70.3 cm³/mol. The molecule has 0 bridgehead atoms. The van der Waals surface area contributed by atoms with Crippen molar-refractivity contribution in [3.63, 3.8) is 0 Å². The van der Waals surface area contributed by atoms with E-state index in [0.29, 0.717) is 18.6 Å². The minimum atomic E-state index is -0.0290. The molecule has 1 aromatic rings. The van der Waals surface area contributed by atoms with E-state index >= 15 is 0 Å². The van der Waals surface area contributed by atoms with Gasteiger partial charge < -0.3 is 0 Å². The average Bonchev–Trinajstić information content (AvgIpc) is 2.30. The smallest absolute Gasteiger partial charge is 0.133 e. The highest BCUT2D eigenvalue weighted by Gasteiger charge is 2.38. The van der Waals surface area contributed by atoms with Crippen LogP contribution in [0.2, 0.25) is 5.02 Å². The summed E-state index contributed by atoms with van der Waals surface area (Å²) in [6.45, 7) is 0. The number of Topliss-reactive ketones (excluding diaryl/α,β-unsaturated/α-hetero) is 1. The van der Waals surface area contributed by atoms with Crippen LogP contribution in [0.3, 0.4) is 0 Å². The largest absolute Gasteiger partial charge is 0.300 e. The third-order valence-corrected chi connectivity index (χ3v) is 4.09. The van der Waals surface area contributed by atoms with Crippen LogP contribution in [0.5, 0.6) is 0 Å². The lowest BCUT2D eigenvalue weighted by Crippen LogP contribution is -2.44. The minimum absolute atomic E-state index is 0.0290. The van der Waals surface area contributed by atoms with Crippen LogP contribution >= 0.6 is 11.6 Å². The number of hydrogen-bond acceptors (Lipinski definition) is 2. The Bertz CT molecular complexity index is 418. The van der Waals surface area contributed by atoms with Crippen molar-refractivity contribution in [2.24, 2.45) is 0 Å². The van der Waals surface area contributed by atoms with E-state index in [2.05, 4.69) is 25.1 Å². The zero-order valence-corrected chi connectivity index (χ0v) is 11.1. The maximum Gasteiger partial charge on any atom is 0.133 e. The van der Waals surface area contributed by atoms with Crippen LogP contribution in [0.15, 0.2) is 24.3 Å². The fraction of sp³-hybridized carbons (Fsp3) is 0.500. The Morgan fingerprint density at radius 3 is 2.41 bits per heavy atom. The van der Waals surface area contributed by atoms with Gasteiger partial charge in [0.15, 0.2) is 0 Å². The van der Waals surface area contributed by atoms with Gasteiger partial charge in [-0.2, -0.15) is 0 Å². The standard InChI is InChI=1S/C14H18ClNO/c1-16(2)14(8-6-13(17)7-9-14)11-4-3-5-12(15)10-11/h3-5,10H,6-9H2,1-2H3. The average molecular weight is 252 g/mol. The first kappa shape index (κ1) is 12.6. The van der Waals surface area contributed by atoms with Gasteiger partial charge in [0.25, 0.3) is 0 Å². The Kier molecular flexibility index (Phi) is 3.55.